The second-order valence-corrected chi connectivity index (χ2v) is 4.64. The molecule has 0 aliphatic heterocycles. The molecule has 23 heavy (non-hydrogen) atoms. The monoisotopic (exact) mass is 315 g/mol. The van der Waals surface area contributed by atoms with Crippen molar-refractivity contribution in [2.45, 2.75) is 6.92 Å². The third-order valence-electron chi connectivity index (χ3n) is 2.93. The van der Waals surface area contributed by atoms with Crippen LogP contribution in [0, 0.1) is 0 Å². The summed E-state index contributed by atoms with van der Waals surface area (Å²) in [5.74, 6) is -0.777. The predicted molar refractivity (Wildman–Crippen MR) is 84.1 cm³/mol. The highest BCUT2D eigenvalue weighted by atomic mass is 16.3. The lowest BCUT2D eigenvalue weighted by Crippen LogP contribution is -2.36. The van der Waals surface area contributed by atoms with Crippen molar-refractivity contribution >= 4 is 23.4 Å². The summed E-state index contributed by atoms with van der Waals surface area (Å²) in [5.41, 5.74) is 0.928. The summed E-state index contributed by atoms with van der Waals surface area (Å²) >= 11 is 0. The zero-order valence-electron chi connectivity index (χ0n) is 12.6. The van der Waals surface area contributed by atoms with Crippen LogP contribution in [0.1, 0.15) is 27.8 Å². The highest BCUT2D eigenvalue weighted by Gasteiger charge is 2.10. The first-order valence-corrected chi connectivity index (χ1v) is 7.10. The predicted octanol–water partition coefficient (Wildman–Crippen LogP) is 1.40. The molecule has 3 amide bonds. The Morgan fingerprint density at radius 1 is 1.00 bits per heavy atom. The van der Waals surface area contributed by atoms with E-state index in [1.54, 1.807) is 43.3 Å². The molecule has 0 saturated heterocycles. The van der Waals surface area contributed by atoms with Gasteiger partial charge in [0.1, 0.15) is 0 Å². The molecule has 120 valence electrons. The fraction of sp³-hybridized carbons (Fsp3) is 0.188. The maximum Gasteiger partial charge on any atom is 0.291 e. The maximum absolute atomic E-state index is 11.9. The van der Waals surface area contributed by atoms with Gasteiger partial charge in [-0.15, -0.1) is 0 Å². The minimum atomic E-state index is -0.372. The first-order valence-electron chi connectivity index (χ1n) is 7.10. The van der Waals surface area contributed by atoms with Crippen LogP contribution in [0.5, 0.6) is 0 Å². The second-order valence-electron chi connectivity index (χ2n) is 4.64. The van der Waals surface area contributed by atoms with Gasteiger partial charge in [-0.2, -0.15) is 0 Å². The van der Waals surface area contributed by atoms with Crippen molar-refractivity contribution < 1.29 is 18.8 Å². The van der Waals surface area contributed by atoms with E-state index in [-0.39, 0.29) is 30.0 Å². The van der Waals surface area contributed by atoms with Gasteiger partial charge in [0.25, 0.3) is 11.8 Å². The number of amides is 3. The molecule has 0 atom stereocenters. The molecule has 0 saturated carbocycles. The van der Waals surface area contributed by atoms with E-state index >= 15 is 0 Å². The quantitative estimate of drug-likeness (QED) is 0.750. The standard InChI is InChI=1S/C16H17N3O4/c1-2-17-14(20)10-18-15(21)11-5-7-12(8-6-11)19-16(22)13-4-3-9-23-13/h3-9H,2,10H2,1H3,(H,17,20)(H,18,21)(H,19,22). The zero-order chi connectivity index (χ0) is 16.7. The number of hydrogen-bond acceptors (Lipinski definition) is 4. The third kappa shape index (κ3) is 4.70. The van der Waals surface area contributed by atoms with Gasteiger partial charge in [0, 0.05) is 17.8 Å². The number of benzene rings is 1. The molecule has 1 aromatic carbocycles. The molecule has 0 spiro atoms. The fourth-order valence-electron chi connectivity index (χ4n) is 1.83. The second kappa shape index (κ2) is 7.79. The minimum Gasteiger partial charge on any atom is -0.459 e. The molecule has 0 unspecified atom stereocenters. The van der Waals surface area contributed by atoms with E-state index in [9.17, 15) is 14.4 Å². The normalized spacial score (nSPS) is 9.96. The van der Waals surface area contributed by atoms with Gasteiger partial charge in [-0.3, -0.25) is 14.4 Å². The summed E-state index contributed by atoms with van der Waals surface area (Å²) in [5, 5.41) is 7.75. The summed E-state index contributed by atoms with van der Waals surface area (Å²) in [6.07, 6.45) is 1.41. The van der Waals surface area contributed by atoms with E-state index in [2.05, 4.69) is 16.0 Å². The van der Waals surface area contributed by atoms with Crippen molar-refractivity contribution in [2.24, 2.45) is 0 Å². The van der Waals surface area contributed by atoms with E-state index < -0.39 is 0 Å². The van der Waals surface area contributed by atoms with E-state index in [0.29, 0.717) is 17.8 Å². The van der Waals surface area contributed by atoms with Gasteiger partial charge in [-0.05, 0) is 43.3 Å². The average Bonchev–Trinajstić information content (AvgIpc) is 3.08. The number of furan rings is 1. The number of hydrogen-bond donors (Lipinski definition) is 3. The van der Waals surface area contributed by atoms with Crippen molar-refractivity contribution in [3.63, 3.8) is 0 Å². The van der Waals surface area contributed by atoms with Crippen LogP contribution >= 0.6 is 0 Å². The molecule has 7 heteroatoms. The summed E-state index contributed by atoms with van der Waals surface area (Å²) in [6, 6.07) is 9.49. The van der Waals surface area contributed by atoms with Crippen molar-refractivity contribution in [1.29, 1.82) is 0 Å². The Bertz CT molecular complexity index is 678. The van der Waals surface area contributed by atoms with Crippen LogP contribution in [0.25, 0.3) is 0 Å². The number of carbonyl (C=O) groups excluding carboxylic acids is 3. The molecular weight excluding hydrogens is 298 g/mol. The Labute approximate surface area is 133 Å². The summed E-state index contributed by atoms with van der Waals surface area (Å²) < 4.78 is 4.99. The lowest BCUT2D eigenvalue weighted by atomic mass is 10.2. The van der Waals surface area contributed by atoms with Crippen molar-refractivity contribution in [2.75, 3.05) is 18.4 Å². The first kappa shape index (κ1) is 16.3. The molecular formula is C16H17N3O4. The molecule has 0 aliphatic rings. The number of anilines is 1. The number of rotatable bonds is 6. The van der Waals surface area contributed by atoms with E-state index in [0.717, 1.165) is 0 Å². The molecule has 2 rings (SSSR count). The molecule has 0 fully saturated rings. The van der Waals surface area contributed by atoms with Gasteiger partial charge in [-0.25, -0.2) is 0 Å². The van der Waals surface area contributed by atoms with Gasteiger partial charge in [0.05, 0.1) is 12.8 Å². The largest absolute Gasteiger partial charge is 0.459 e. The Balaban J connectivity index is 1.90. The number of nitrogens with one attached hydrogen (secondary N) is 3. The molecule has 0 aliphatic carbocycles. The first-order chi connectivity index (χ1) is 11.1. The molecule has 0 radical (unpaired) electrons. The lowest BCUT2D eigenvalue weighted by molar-refractivity contribution is -0.120. The van der Waals surface area contributed by atoms with Gasteiger partial charge in [0.15, 0.2) is 5.76 Å². The van der Waals surface area contributed by atoms with Gasteiger partial charge in [-0.1, -0.05) is 0 Å². The summed E-state index contributed by atoms with van der Waals surface area (Å²) in [4.78, 5) is 35.0. The van der Waals surface area contributed by atoms with Crippen molar-refractivity contribution in [3.05, 3.63) is 54.0 Å². The Hall–Kier alpha value is -3.09. The van der Waals surface area contributed by atoms with Crippen LogP contribution in [0.15, 0.2) is 47.1 Å². The van der Waals surface area contributed by atoms with Crippen LogP contribution in [0.2, 0.25) is 0 Å². The molecule has 2 aromatic rings. The van der Waals surface area contributed by atoms with Gasteiger partial charge in [0.2, 0.25) is 5.91 Å². The Kier molecular flexibility index (Phi) is 5.51. The maximum atomic E-state index is 11.9. The number of carbonyl (C=O) groups is 3. The summed E-state index contributed by atoms with van der Waals surface area (Å²) in [7, 11) is 0. The van der Waals surface area contributed by atoms with Crippen LogP contribution in [0.4, 0.5) is 5.69 Å². The van der Waals surface area contributed by atoms with Crippen molar-refractivity contribution in [1.82, 2.24) is 10.6 Å². The molecule has 7 nitrogen and oxygen atoms in total. The molecule has 1 heterocycles. The highest BCUT2D eigenvalue weighted by Crippen LogP contribution is 2.11. The van der Waals surface area contributed by atoms with Crippen LogP contribution in [-0.4, -0.2) is 30.8 Å². The minimum absolute atomic E-state index is 0.0797. The van der Waals surface area contributed by atoms with Gasteiger partial charge < -0.3 is 20.4 Å². The topological polar surface area (TPSA) is 100 Å². The number of likely N-dealkylation sites (N-methyl/N-ethyl adjacent to an activating group) is 1. The van der Waals surface area contributed by atoms with Crippen LogP contribution in [-0.2, 0) is 4.79 Å². The summed E-state index contributed by atoms with van der Waals surface area (Å²) in [6.45, 7) is 2.23. The molecule has 0 bridgehead atoms. The smallest absolute Gasteiger partial charge is 0.291 e. The Morgan fingerprint density at radius 3 is 2.35 bits per heavy atom. The zero-order valence-corrected chi connectivity index (χ0v) is 12.6. The Morgan fingerprint density at radius 2 is 1.74 bits per heavy atom. The molecule has 1 aromatic heterocycles. The van der Waals surface area contributed by atoms with Gasteiger partial charge >= 0.3 is 0 Å². The van der Waals surface area contributed by atoms with E-state index in [1.807, 2.05) is 0 Å². The fourth-order valence-corrected chi connectivity index (χ4v) is 1.83. The highest BCUT2D eigenvalue weighted by molar-refractivity contribution is 6.02. The van der Waals surface area contributed by atoms with E-state index in [1.165, 1.54) is 6.26 Å². The third-order valence-corrected chi connectivity index (χ3v) is 2.93. The van der Waals surface area contributed by atoms with Crippen LogP contribution in [0.3, 0.4) is 0 Å². The molecule has 3 N–H and O–H groups in total. The van der Waals surface area contributed by atoms with Crippen molar-refractivity contribution in [3.8, 4) is 0 Å². The SMILES string of the molecule is CCNC(=O)CNC(=O)c1ccc(NC(=O)c2ccco2)cc1. The lowest BCUT2D eigenvalue weighted by Gasteiger charge is -2.07. The average molecular weight is 315 g/mol. The van der Waals surface area contributed by atoms with Crippen LogP contribution < -0.4 is 16.0 Å². The van der Waals surface area contributed by atoms with E-state index in [4.69, 9.17) is 4.42 Å².